The molecule has 0 atom stereocenters. The summed E-state index contributed by atoms with van der Waals surface area (Å²) in [6.07, 6.45) is 3.58. The molecule has 0 fully saturated rings. The lowest BCUT2D eigenvalue weighted by Gasteiger charge is -2.11. The highest BCUT2D eigenvalue weighted by Crippen LogP contribution is 2.25. The van der Waals surface area contributed by atoms with Crippen LogP contribution in [0.5, 0.6) is 11.5 Å². The summed E-state index contributed by atoms with van der Waals surface area (Å²) in [5, 5.41) is 13.4. The number of amides is 1. The first-order valence-electron chi connectivity index (χ1n) is 11.3. The lowest BCUT2D eigenvalue weighted by atomic mass is 10.1. The monoisotopic (exact) mass is 465 g/mol. The Kier molecular flexibility index (Phi) is 7.18. The molecule has 0 saturated heterocycles. The van der Waals surface area contributed by atoms with Crippen LogP contribution in [0.25, 0.3) is 17.0 Å². The van der Waals surface area contributed by atoms with Crippen molar-refractivity contribution in [2.75, 3.05) is 19.0 Å². The van der Waals surface area contributed by atoms with E-state index in [9.17, 15) is 10.1 Å². The van der Waals surface area contributed by atoms with Gasteiger partial charge in [0.1, 0.15) is 29.7 Å². The van der Waals surface area contributed by atoms with Crippen LogP contribution in [0.1, 0.15) is 16.7 Å². The van der Waals surface area contributed by atoms with E-state index in [1.165, 1.54) is 0 Å². The molecular weight excluding hydrogens is 438 g/mol. The summed E-state index contributed by atoms with van der Waals surface area (Å²) >= 11 is 0. The normalized spacial score (nSPS) is 11.2. The number of aromatic nitrogens is 1. The van der Waals surface area contributed by atoms with Crippen LogP contribution in [0, 0.1) is 25.2 Å². The molecule has 1 aromatic heterocycles. The number of hydrogen-bond acceptors (Lipinski definition) is 4. The summed E-state index contributed by atoms with van der Waals surface area (Å²) < 4.78 is 13.3. The van der Waals surface area contributed by atoms with E-state index in [1.807, 2.05) is 56.4 Å². The van der Waals surface area contributed by atoms with Gasteiger partial charge in [0.15, 0.2) is 0 Å². The second kappa shape index (κ2) is 10.6. The molecule has 0 aliphatic carbocycles. The smallest absolute Gasteiger partial charge is 0.266 e. The Labute approximate surface area is 205 Å². The number of nitrogens with one attached hydrogen (secondary N) is 1. The quantitative estimate of drug-likeness (QED) is 0.260. The van der Waals surface area contributed by atoms with Crippen LogP contribution in [0.3, 0.4) is 0 Å². The number of carbonyl (C=O) groups excluding carboxylic acids is 1. The number of nitriles is 1. The van der Waals surface area contributed by atoms with Gasteiger partial charge in [0, 0.05) is 28.4 Å². The van der Waals surface area contributed by atoms with E-state index in [0.29, 0.717) is 24.6 Å². The summed E-state index contributed by atoms with van der Waals surface area (Å²) in [4.78, 5) is 12.8. The topological polar surface area (TPSA) is 76.3 Å². The first-order valence-corrected chi connectivity index (χ1v) is 11.3. The van der Waals surface area contributed by atoms with Crippen molar-refractivity contribution in [2.24, 2.45) is 0 Å². The predicted molar refractivity (Wildman–Crippen MR) is 139 cm³/mol. The average molecular weight is 466 g/mol. The lowest BCUT2D eigenvalue weighted by Crippen LogP contribution is -2.13. The highest BCUT2D eigenvalue weighted by Gasteiger charge is 2.13. The number of ether oxygens (including phenoxy) is 2. The van der Waals surface area contributed by atoms with Crippen molar-refractivity contribution in [3.8, 4) is 17.6 Å². The largest absolute Gasteiger partial charge is 0.497 e. The zero-order chi connectivity index (χ0) is 24.8. The SMILES string of the molecule is COc1ccc(NC(=O)/C(C#N)=C\c2cn(CCOc3cc(C)ccc3C)c3ccccc23)cc1. The highest BCUT2D eigenvalue weighted by molar-refractivity contribution is 6.10. The maximum Gasteiger partial charge on any atom is 0.266 e. The molecule has 35 heavy (non-hydrogen) atoms. The first-order chi connectivity index (χ1) is 17.0. The molecule has 6 nitrogen and oxygen atoms in total. The van der Waals surface area contributed by atoms with Gasteiger partial charge in [-0.15, -0.1) is 0 Å². The van der Waals surface area contributed by atoms with Gasteiger partial charge in [0.05, 0.1) is 13.7 Å². The Morgan fingerprint density at radius 3 is 2.60 bits per heavy atom. The third kappa shape index (κ3) is 5.53. The molecule has 4 rings (SSSR count). The van der Waals surface area contributed by atoms with E-state index in [1.54, 1.807) is 37.5 Å². The van der Waals surface area contributed by atoms with Crippen LogP contribution in [0.15, 0.2) is 78.5 Å². The molecule has 0 aliphatic rings. The van der Waals surface area contributed by atoms with Crippen LogP contribution in [-0.4, -0.2) is 24.2 Å². The average Bonchev–Trinajstić information content (AvgIpc) is 3.22. The van der Waals surface area contributed by atoms with E-state index in [-0.39, 0.29) is 5.57 Å². The van der Waals surface area contributed by atoms with Crippen molar-refractivity contribution >= 4 is 28.6 Å². The number of rotatable bonds is 8. The number of anilines is 1. The zero-order valence-electron chi connectivity index (χ0n) is 20.0. The molecule has 176 valence electrons. The number of para-hydroxylation sites is 1. The fourth-order valence-corrected chi connectivity index (χ4v) is 3.87. The van der Waals surface area contributed by atoms with Crippen LogP contribution >= 0.6 is 0 Å². The van der Waals surface area contributed by atoms with Gasteiger partial charge in [-0.1, -0.05) is 30.3 Å². The van der Waals surface area contributed by atoms with E-state index in [0.717, 1.165) is 33.3 Å². The molecule has 0 unspecified atom stereocenters. The van der Waals surface area contributed by atoms with Crippen LogP contribution in [-0.2, 0) is 11.3 Å². The van der Waals surface area contributed by atoms with E-state index < -0.39 is 5.91 Å². The second-order valence-electron chi connectivity index (χ2n) is 8.26. The zero-order valence-corrected chi connectivity index (χ0v) is 20.0. The molecule has 3 aromatic carbocycles. The van der Waals surface area contributed by atoms with Gasteiger partial charge in [0.25, 0.3) is 5.91 Å². The molecule has 1 heterocycles. The van der Waals surface area contributed by atoms with Gasteiger partial charge in [0.2, 0.25) is 0 Å². The van der Waals surface area contributed by atoms with Gasteiger partial charge < -0.3 is 19.4 Å². The Bertz CT molecular complexity index is 1430. The summed E-state index contributed by atoms with van der Waals surface area (Å²) in [5.41, 5.74) is 4.67. The fraction of sp³-hybridized carbons (Fsp3) is 0.172. The molecule has 0 radical (unpaired) electrons. The number of nitrogens with zero attached hydrogens (tertiary/aromatic N) is 2. The van der Waals surface area contributed by atoms with Gasteiger partial charge in [-0.05, 0) is 67.4 Å². The molecule has 1 N–H and O–H groups in total. The molecule has 1 amide bonds. The highest BCUT2D eigenvalue weighted by atomic mass is 16.5. The van der Waals surface area contributed by atoms with Crippen LogP contribution < -0.4 is 14.8 Å². The van der Waals surface area contributed by atoms with Crippen molar-refractivity contribution in [3.63, 3.8) is 0 Å². The molecule has 0 spiro atoms. The van der Waals surface area contributed by atoms with Crippen LogP contribution in [0.4, 0.5) is 5.69 Å². The Balaban J connectivity index is 1.54. The Morgan fingerprint density at radius 2 is 1.86 bits per heavy atom. The first kappa shape index (κ1) is 23.7. The van der Waals surface area contributed by atoms with Gasteiger partial charge in [-0.2, -0.15) is 5.26 Å². The second-order valence-corrected chi connectivity index (χ2v) is 8.26. The minimum absolute atomic E-state index is 0.0235. The third-order valence-corrected chi connectivity index (χ3v) is 5.77. The lowest BCUT2D eigenvalue weighted by molar-refractivity contribution is -0.112. The van der Waals surface area contributed by atoms with E-state index >= 15 is 0 Å². The van der Waals surface area contributed by atoms with Gasteiger partial charge >= 0.3 is 0 Å². The van der Waals surface area contributed by atoms with Gasteiger partial charge in [-0.25, -0.2) is 0 Å². The molecule has 0 bridgehead atoms. The number of fused-ring (bicyclic) bond motifs is 1. The van der Waals surface area contributed by atoms with Crippen molar-refractivity contribution in [3.05, 3.63) is 95.2 Å². The number of aryl methyl sites for hydroxylation is 2. The predicted octanol–water partition coefficient (Wildman–Crippen LogP) is 5.89. The minimum Gasteiger partial charge on any atom is -0.497 e. The summed E-state index contributed by atoms with van der Waals surface area (Å²) in [6, 6.07) is 23.1. The number of methoxy groups -OCH3 is 1. The Hall–Kier alpha value is -4.50. The van der Waals surface area contributed by atoms with Crippen molar-refractivity contribution in [1.29, 1.82) is 5.26 Å². The third-order valence-electron chi connectivity index (χ3n) is 5.77. The summed E-state index contributed by atoms with van der Waals surface area (Å²) in [6.45, 7) is 5.20. The fourth-order valence-electron chi connectivity index (χ4n) is 3.87. The standard InChI is InChI=1S/C29H27N3O3/c1-20-8-9-21(2)28(16-20)35-15-14-32-19-23(26-6-4-5-7-27(26)32)17-22(18-30)29(33)31-24-10-12-25(34-3)13-11-24/h4-13,16-17,19H,14-15H2,1-3H3,(H,31,33)/b22-17-. The van der Waals surface area contributed by atoms with Crippen molar-refractivity contribution < 1.29 is 14.3 Å². The van der Waals surface area contributed by atoms with E-state index in [4.69, 9.17) is 9.47 Å². The molecule has 6 heteroatoms. The minimum atomic E-state index is -0.465. The number of benzene rings is 3. The maximum absolute atomic E-state index is 12.8. The molecule has 0 aliphatic heterocycles. The molecule has 4 aromatic rings. The van der Waals surface area contributed by atoms with Gasteiger partial charge in [-0.3, -0.25) is 4.79 Å². The summed E-state index contributed by atoms with van der Waals surface area (Å²) in [5.74, 6) is 1.10. The molecule has 0 saturated carbocycles. The maximum atomic E-state index is 12.8. The van der Waals surface area contributed by atoms with Crippen molar-refractivity contribution in [2.45, 2.75) is 20.4 Å². The number of hydrogen-bond donors (Lipinski definition) is 1. The van der Waals surface area contributed by atoms with E-state index in [2.05, 4.69) is 22.0 Å². The number of carbonyl (C=O) groups is 1. The van der Waals surface area contributed by atoms with Crippen molar-refractivity contribution in [1.82, 2.24) is 4.57 Å². The van der Waals surface area contributed by atoms with Crippen LogP contribution in [0.2, 0.25) is 0 Å². The molecular formula is C29H27N3O3. The summed E-state index contributed by atoms with van der Waals surface area (Å²) in [7, 11) is 1.58. The Morgan fingerprint density at radius 1 is 1.09 bits per heavy atom.